The average molecular weight is 177 g/mol. The van der Waals surface area contributed by atoms with E-state index in [1.807, 2.05) is 0 Å². The van der Waals surface area contributed by atoms with Crippen LogP contribution in [0.5, 0.6) is 0 Å². The van der Waals surface area contributed by atoms with E-state index in [2.05, 4.69) is 11.8 Å². The summed E-state index contributed by atoms with van der Waals surface area (Å²) in [5, 5.41) is 8.15. The number of hydrogen-bond donors (Lipinski definition) is 0. The van der Waals surface area contributed by atoms with E-state index < -0.39 is 11.6 Å². The Balaban J connectivity index is 2.92. The zero-order chi connectivity index (χ0) is 9.68. The predicted molar refractivity (Wildman–Crippen MR) is 43.5 cm³/mol. The number of nitriles is 1. The van der Waals surface area contributed by atoms with Crippen molar-refractivity contribution in [3.05, 3.63) is 35.4 Å². The Morgan fingerprint density at radius 1 is 1.15 bits per heavy atom. The third-order valence-electron chi connectivity index (χ3n) is 1.26. The van der Waals surface area contributed by atoms with Gasteiger partial charge >= 0.3 is 0 Å². The second-order valence-corrected chi connectivity index (χ2v) is 2.29. The highest BCUT2D eigenvalue weighted by Crippen LogP contribution is 2.06. The summed E-state index contributed by atoms with van der Waals surface area (Å²) < 4.78 is 25.1. The molecule has 1 nitrogen and oxygen atoms in total. The molecule has 0 aliphatic heterocycles. The number of rotatable bonds is 0. The van der Waals surface area contributed by atoms with Crippen molar-refractivity contribution in [3.8, 4) is 17.9 Å². The molecule has 0 amide bonds. The van der Waals surface area contributed by atoms with E-state index in [0.29, 0.717) is 0 Å². The lowest BCUT2D eigenvalue weighted by Crippen LogP contribution is -1.82. The molecule has 1 aromatic carbocycles. The van der Waals surface area contributed by atoms with Crippen molar-refractivity contribution in [3.63, 3.8) is 0 Å². The lowest BCUT2D eigenvalue weighted by atomic mass is 10.2. The van der Waals surface area contributed by atoms with E-state index in [9.17, 15) is 8.78 Å². The third kappa shape index (κ3) is 2.92. The molecule has 0 unspecified atom stereocenters. The zero-order valence-corrected chi connectivity index (χ0v) is 6.64. The first-order chi connectivity index (χ1) is 6.22. The molecule has 0 saturated heterocycles. The van der Waals surface area contributed by atoms with E-state index in [4.69, 9.17) is 5.26 Å². The largest absolute Gasteiger partial charge is 0.207 e. The topological polar surface area (TPSA) is 23.8 Å². The summed E-state index contributed by atoms with van der Waals surface area (Å²) in [4.78, 5) is 0. The molecule has 0 bridgehead atoms. The minimum absolute atomic E-state index is 0.0537. The van der Waals surface area contributed by atoms with Gasteiger partial charge in [-0.25, -0.2) is 8.78 Å². The first-order valence-corrected chi connectivity index (χ1v) is 3.54. The van der Waals surface area contributed by atoms with Gasteiger partial charge in [0.15, 0.2) is 0 Å². The van der Waals surface area contributed by atoms with Gasteiger partial charge in [0.2, 0.25) is 0 Å². The monoisotopic (exact) mass is 177 g/mol. The van der Waals surface area contributed by atoms with E-state index >= 15 is 0 Å². The first-order valence-electron chi connectivity index (χ1n) is 3.54. The van der Waals surface area contributed by atoms with E-state index in [1.165, 1.54) is 0 Å². The van der Waals surface area contributed by atoms with Crippen LogP contribution in [0, 0.1) is 34.8 Å². The summed E-state index contributed by atoms with van der Waals surface area (Å²) in [7, 11) is 0. The van der Waals surface area contributed by atoms with Crippen LogP contribution >= 0.6 is 0 Å². The van der Waals surface area contributed by atoms with Crippen molar-refractivity contribution < 1.29 is 8.78 Å². The van der Waals surface area contributed by atoms with E-state index in [1.54, 1.807) is 6.07 Å². The van der Waals surface area contributed by atoms with Gasteiger partial charge in [-0.3, -0.25) is 0 Å². The maximum absolute atomic E-state index is 12.6. The molecular formula is C10H5F2N. The standard InChI is InChI=1S/C10H5F2N/c11-9-5-8(3-1-2-4-13)6-10(12)7-9/h5-7H,2H2. The lowest BCUT2D eigenvalue weighted by Gasteiger charge is -1.91. The van der Waals surface area contributed by atoms with Crippen LogP contribution in [0.3, 0.4) is 0 Å². The Hall–Kier alpha value is -1.87. The molecular weight excluding hydrogens is 172 g/mol. The van der Waals surface area contributed by atoms with Crippen molar-refractivity contribution in [1.29, 1.82) is 5.26 Å². The van der Waals surface area contributed by atoms with Gasteiger partial charge in [-0.15, -0.1) is 0 Å². The van der Waals surface area contributed by atoms with Crippen LogP contribution in [-0.2, 0) is 0 Å². The summed E-state index contributed by atoms with van der Waals surface area (Å²) in [5.41, 5.74) is 0.243. The van der Waals surface area contributed by atoms with Crippen LogP contribution < -0.4 is 0 Å². The van der Waals surface area contributed by atoms with Gasteiger partial charge in [-0.05, 0) is 12.1 Å². The summed E-state index contributed by atoms with van der Waals surface area (Å²) >= 11 is 0. The van der Waals surface area contributed by atoms with Gasteiger partial charge in [0.1, 0.15) is 11.6 Å². The van der Waals surface area contributed by atoms with Crippen LogP contribution in [0.1, 0.15) is 12.0 Å². The maximum atomic E-state index is 12.6. The molecule has 0 atom stereocenters. The Kier molecular flexibility index (Phi) is 3.00. The molecule has 64 valence electrons. The Labute approximate surface area is 74.6 Å². The number of hydrogen-bond acceptors (Lipinski definition) is 1. The lowest BCUT2D eigenvalue weighted by molar-refractivity contribution is 0.582. The highest BCUT2D eigenvalue weighted by molar-refractivity contribution is 5.35. The van der Waals surface area contributed by atoms with E-state index in [-0.39, 0.29) is 12.0 Å². The fraction of sp³-hybridized carbons (Fsp3) is 0.100. The van der Waals surface area contributed by atoms with Gasteiger partial charge in [-0.1, -0.05) is 11.8 Å². The van der Waals surface area contributed by atoms with Crippen molar-refractivity contribution in [2.45, 2.75) is 6.42 Å². The Morgan fingerprint density at radius 3 is 2.31 bits per heavy atom. The third-order valence-corrected chi connectivity index (χ3v) is 1.26. The normalized spacial score (nSPS) is 8.38. The van der Waals surface area contributed by atoms with Crippen LogP contribution in [0.4, 0.5) is 8.78 Å². The second kappa shape index (κ2) is 4.23. The van der Waals surface area contributed by atoms with Crippen molar-refractivity contribution in [2.24, 2.45) is 0 Å². The number of benzene rings is 1. The van der Waals surface area contributed by atoms with Crippen molar-refractivity contribution in [2.75, 3.05) is 0 Å². The van der Waals surface area contributed by atoms with E-state index in [0.717, 1.165) is 18.2 Å². The molecule has 0 spiro atoms. The van der Waals surface area contributed by atoms with Crippen molar-refractivity contribution >= 4 is 0 Å². The van der Waals surface area contributed by atoms with Gasteiger partial charge in [0.25, 0.3) is 0 Å². The molecule has 0 fully saturated rings. The molecule has 0 saturated carbocycles. The SMILES string of the molecule is N#CCC#Cc1cc(F)cc(F)c1. The fourth-order valence-electron chi connectivity index (χ4n) is 0.812. The predicted octanol–water partition coefficient (Wildman–Crippen LogP) is 2.23. The fourth-order valence-corrected chi connectivity index (χ4v) is 0.812. The highest BCUT2D eigenvalue weighted by atomic mass is 19.1. The second-order valence-electron chi connectivity index (χ2n) is 2.29. The van der Waals surface area contributed by atoms with Gasteiger partial charge in [0, 0.05) is 11.6 Å². The van der Waals surface area contributed by atoms with Gasteiger partial charge in [-0.2, -0.15) is 5.26 Å². The molecule has 0 aromatic heterocycles. The molecule has 1 rings (SSSR count). The summed E-state index contributed by atoms with van der Waals surface area (Å²) in [5.74, 6) is 3.61. The summed E-state index contributed by atoms with van der Waals surface area (Å²) in [6.45, 7) is 0. The minimum Gasteiger partial charge on any atom is -0.207 e. The molecule has 0 N–H and O–H groups in total. The quantitative estimate of drug-likeness (QED) is 0.557. The first kappa shape index (κ1) is 9.22. The van der Waals surface area contributed by atoms with Gasteiger partial charge < -0.3 is 0 Å². The Morgan fingerprint density at radius 2 is 1.77 bits per heavy atom. The van der Waals surface area contributed by atoms with Gasteiger partial charge in [0.05, 0.1) is 12.5 Å². The van der Waals surface area contributed by atoms with Crippen LogP contribution in [-0.4, -0.2) is 0 Å². The number of halogens is 2. The highest BCUT2D eigenvalue weighted by Gasteiger charge is 1.96. The molecule has 0 aliphatic rings. The van der Waals surface area contributed by atoms with Crippen LogP contribution in [0.25, 0.3) is 0 Å². The Bertz CT molecular complexity index is 387. The minimum atomic E-state index is -0.666. The molecule has 0 aliphatic carbocycles. The van der Waals surface area contributed by atoms with Crippen LogP contribution in [0.2, 0.25) is 0 Å². The molecule has 0 heterocycles. The number of nitrogens with zero attached hydrogens (tertiary/aromatic N) is 1. The summed E-state index contributed by atoms with van der Waals surface area (Å²) in [6.07, 6.45) is 0.0537. The summed E-state index contributed by atoms with van der Waals surface area (Å²) in [6, 6.07) is 4.82. The van der Waals surface area contributed by atoms with Crippen molar-refractivity contribution in [1.82, 2.24) is 0 Å². The molecule has 3 heteroatoms. The maximum Gasteiger partial charge on any atom is 0.127 e. The molecule has 13 heavy (non-hydrogen) atoms. The molecule has 1 aromatic rings. The average Bonchev–Trinajstić information content (AvgIpc) is 2.03. The van der Waals surface area contributed by atoms with Crippen LogP contribution in [0.15, 0.2) is 18.2 Å². The smallest absolute Gasteiger partial charge is 0.127 e. The molecule has 0 radical (unpaired) electrons. The zero-order valence-electron chi connectivity index (χ0n) is 6.64.